The summed E-state index contributed by atoms with van der Waals surface area (Å²) in [5.41, 5.74) is 0.638. The molecule has 0 aromatic heterocycles. The van der Waals surface area contributed by atoms with Gasteiger partial charge in [-0.25, -0.2) is 0 Å². The lowest BCUT2D eigenvalue weighted by Gasteiger charge is -2.31. The summed E-state index contributed by atoms with van der Waals surface area (Å²) in [6, 6.07) is 6.92. The first-order valence-corrected chi connectivity index (χ1v) is 7.17. The lowest BCUT2D eigenvalue weighted by Crippen LogP contribution is -2.41. The van der Waals surface area contributed by atoms with E-state index in [1.54, 1.807) is 12.1 Å². The number of halogens is 3. The van der Waals surface area contributed by atoms with E-state index >= 15 is 0 Å². The Hall–Kier alpha value is -1.78. The molecule has 1 aromatic rings. The number of alkyl halides is 3. The molecule has 1 spiro atoms. The van der Waals surface area contributed by atoms with Gasteiger partial charge >= 0.3 is 6.18 Å². The summed E-state index contributed by atoms with van der Waals surface area (Å²) in [6.45, 7) is 2.69. The average Bonchev–Trinajstić information content (AvgIpc) is 3.06. The molecule has 5 heteroatoms. The van der Waals surface area contributed by atoms with Crippen LogP contribution in [0.2, 0.25) is 0 Å². The molecule has 1 fully saturated rings. The standard InChI is InChI=1S/C16H15F3N2/c1-10-15(14-7-4-8-21(14)20-10)9-13(16(17,18)19)11-5-2-3-6-12(11)15/h2-3,5-6,9,14H,4,7-8H2,1H3. The van der Waals surface area contributed by atoms with E-state index in [9.17, 15) is 13.2 Å². The van der Waals surface area contributed by atoms with Crippen LogP contribution in [0.1, 0.15) is 30.9 Å². The number of hydrazone groups is 1. The number of rotatable bonds is 0. The molecule has 1 aromatic carbocycles. The molecule has 2 nitrogen and oxygen atoms in total. The van der Waals surface area contributed by atoms with Gasteiger partial charge in [-0.15, -0.1) is 0 Å². The zero-order valence-electron chi connectivity index (χ0n) is 11.6. The van der Waals surface area contributed by atoms with Crippen molar-refractivity contribution in [3.63, 3.8) is 0 Å². The van der Waals surface area contributed by atoms with E-state index in [2.05, 4.69) is 5.10 Å². The smallest absolute Gasteiger partial charge is 0.292 e. The van der Waals surface area contributed by atoms with Crippen molar-refractivity contribution < 1.29 is 13.2 Å². The van der Waals surface area contributed by atoms with E-state index in [4.69, 9.17) is 0 Å². The zero-order chi connectivity index (χ0) is 14.8. The van der Waals surface area contributed by atoms with Crippen molar-refractivity contribution in [3.05, 3.63) is 41.5 Å². The van der Waals surface area contributed by atoms with Gasteiger partial charge < -0.3 is 0 Å². The first-order valence-electron chi connectivity index (χ1n) is 7.17. The van der Waals surface area contributed by atoms with E-state index in [0.29, 0.717) is 5.56 Å². The fourth-order valence-corrected chi connectivity index (χ4v) is 4.12. The first-order chi connectivity index (χ1) is 9.94. The summed E-state index contributed by atoms with van der Waals surface area (Å²) in [4.78, 5) is 0. The second kappa shape index (κ2) is 3.90. The van der Waals surface area contributed by atoms with Crippen LogP contribution in [0.5, 0.6) is 0 Å². The molecule has 2 heterocycles. The van der Waals surface area contributed by atoms with Gasteiger partial charge in [0.25, 0.3) is 0 Å². The average molecular weight is 292 g/mol. The minimum Gasteiger partial charge on any atom is -0.292 e. The van der Waals surface area contributed by atoms with Gasteiger partial charge in [0.2, 0.25) is 0 Å². The molecule has 0 N–H and O–H groups in total. The van der Waals surface area contributed by atoms with E-state index < -0.39 is 17.2 Å². The quantitative estimate of drug-likeness (QED) is 0.711. The third-order valence-electron chi connectivity index (χ3n) is 4.97. The number of allylic oxidation sites excluding steroid dienone is 1. The molecular formula is C16H15F3N2. The largest absolute Gasteiger partial charge is 0.416 e. The van der Waals surface area contributed by atoms with Crippen molar-refractivity contribution in [2.75, 3.05) is 6.54 Å². The van der Waals surface area contributed by atoms with E-state index in [-0.39, 0.29) is 6.04 Å². The van der Waals surface area contributed by atoms with Crippen LogP contribution in [0, 0.1) is 0 Å². The lowest BCUT2D eigenvalue weighted by atomic mass is 9.73. The van der Waals surface area contributed by atoms with Crippen molar-refractivity contribution in [2.45, 2.75) is 37.4 Å². The molecular weight excluding hydrogens is 277 g/mol. The Bertz CT molecular complexity index is 674. The van der Waals surface area contributed by atoms with Crippen molar-refractivity contribution >= 4 is 11.3 Å². The van der Waals surface area contributed by atoms with Crippen LogP contribution in [-0.2, 0) is 5.41 Å². The number of hydrogen-bond acceptors (Lipinski definition) is 2. The predicted octanol–water partition coefficient (Wildman–Crippen LogP) is 3.74. The van der Waals surface area contributed by atoms with E-state index in [1.807, 2.05) is 24.1 Å². The van der Waals surface area contributed by atoms with Crippen LogP contribution in [0.25, 0.3) is 5.57 Å². The maximum atomic E-state index is 13.4. The molecule has 0 amide bonds. The van der Waals surface area contributed by atoms with Crippen molar-refractivity contribution in [2.24, 2.45) is 5.10 Å². The van der Waals surface area contributed by atoms with Crippen molar-refractivity contribution in [1.82, 2.24) is 5.01 Å². The van der Waals surface area contributed by atoms with Crippen LogP contribution >= 0.6 is 0 Å². The van der Waals surface area contributed by atoms with Gasteiger partial charge in [0.1, 0.15) is 0 Å². The fraction of sp³-hybridized carbons (Fsp3) is 0.438. The predicted molar refractivity (Wildman–Crippen MR) is 75.0 cm³/mol. The molecule has 1 aliphatic carbocycles. The van der Waals surface area contributed by atoms with Gasteiger partial charge in [-0.1, -0.05) is 30.3 Å². The molecule has 3 aliphatic rings. The second-order valence-electron chi connectivity index (χ2n) is 5.98. The Labute approximate surface area is 120 Å². The summed E-state index contributed by atoms with van der Waals surface area (Å²) in [5, 5.41) is 6.51. The maximum absolute atomic E-state index is 13.4. The highest BCUT2D eigenvalue weighted by Gasteiger charge is 2.57. The molecule has 4 rings (SSSR count). The van der Waals surface area contributed by atoms with Crippen LogP contribution in [0.3, 0.4) is 0 Å². The zero-order valence-corrected chi connectivity index (χ0v) is 11.6. The van der Waals surface area contributed by atoms with Gasteiger partial charge in [0.15, 0.2) is 0 Å². The SMILES string of the molecule is CC1=NN2CCCC2C12C=C(C(F)(F)F)c1ccccc12. The minimum atomic E-state index is -4.33. The molecule has 2 atom stereocenters. The van der Waals surface area contributed by atoms with Crippen LogP contribution in [-0.4, -0.2) is 29.5 Å². The van der Waals surface area contributed by atoms with Gasteiger partial charge in [-0.2, -0.15) is 18.3 Å². The molecule has 1 saturated heterocycles. The third kappa shape index (κ3) is 1.52. The Morgan fingerprint density at radius 2 is 2.05 bits per heavy atom. The first kappa shape index (κ1) is 12.9. The number of benzene rings is 1. The minimum absolute atomic E-state index is 0.0264. The van der Waals surface area contributed by atoms with Crippen LogP contribution in [0.4, 0.5) is 13.2 Å². The molecule has 0 bridgehead atoms. The monoisotopic (exact) mass is 292 g/mol. The van der Waals surface area contributed by atoms with Gasteiger partial charge in [-0.05, 0) is 30.9 Å². The summed E-state index contributed by atoms with van der Waals surface area (Å²) in [6.07, 6.45) is -1.03. The highest BCUT2D eigenvalue weighted by molar-refractivity contribution is 6.03. The lowest BCUT2D eigenvalue weighted by molar-refractivity contribution is -0.0688. The molecule has 0 radical (unpaired) electrons. The third-order valence-corrected chi connectivity index (χ3v) is 4.97. The van der Waals surface area contributed by atoms with Gasteiger partial charge in [0, 0.05) is 6.54 Å². The summed E-state index contributed by atoms with van der Waals surface area (Å²) in [5.74, 6) is 0. The van der Waals surface area contributed by atoms with E-state index in [0.717, 1.165) is 30.7 Å². The molecule has 2 unspecified atom stereocenters. The number of hydrogen-bond donors (Lipinski definition) is 0. The molecule has 110 valence electrons. The van der Waals surface area contributed by atoms with E-state index in [1.165, 1.54) is 6.08 Å². The normalized spacial score (nSPS) is 30.5. The second-order valence-corrected chi connectivity index (χ2v) is 5.98. The molecule has 21 heavy (non-hydrogen) atoms. The topological polar surface area (TPSA) is 15.6 Å². The van der Waals surface area contributed by atoms with Crippen LogP contribution < -0.4 is 0 Å². The van der Waals surface area contributed by atoms with Crippen molar-refractivity contribution in [1.29, 1.82) is 0 Å². The Balaban J connectivity index is 1.98. The molecule has 2 aliphatic heterocycles. The Morgan fingerprint density at radius 1 is 1.29 bits per heavy atom. The van der Waals surface area contributed by atoms with Gasteiger partial charge in [0.05, 0.1) is 22.7 Å². The highest BCUT2D eigenvalue weighted by atomic mass is 19.4. The van der Waals surface area contributed by atoms with Crippen LogP contribution in [0.15, 0.2) is 35.4 Å². The number of fused-ring (bicyclic) bond motifs is 4. The molecule has 0 saturated carbocycles. The maximum Gasteiger partial charge on any atom is 0.416 e. The highest BCUT2D eigenvalue weighted by Crippen LogP contribution is 2.54. The van der Waals surface area contributed by atoms with Gasteiger partial charge in [-0.3, -0.25) is 5.01 Å². The van der Waals surface area contributed by atoms with Crippen molar-refractivity contribution in [3.8, 4) is 0 Å². The summed E-state index contributed by atoms with van der Waals surface area (Å²) < 4.78 is 40.3. The Kier molecular flexibility index (Phi) is 2.40. The fourth-order valence-electron chi connectivity index (χ4n) is 4.12. The summed E-state index contributed by atoms with van der Waals surface area (Å²) >= 11 is 0. The number of nitrogens with zero attached hydrogens (tertiary/aromatic N) is 2. The summed E-state index contributed by atoms with van der Waals surface area (Å²) in [7, 11) is 0. The Morgan fingerprint density at radius 3 is 2.81 bits per heavy atom.